The van der Waals surface area contributed by atoms with Gasteiger partial charge in [0, 0.05) is 4.79 Å². The van der Waals surface area contributed by atoms with Crippen LogP contribution < -0.4 is 5.73 Å². The Morgan fingerprint density at radius 1 is 0.913 bits per heavy atom. The van der Waals surface area contributed by atoms with Gasteiger partial charge in [-0.2, -0.15) is 0 Å². The molecule has 0 radical (unpaired) electrons. The molecule has 0 spiro atoms. The Bertz CT molecular complexity index is 596. The molecular formula is C17H28N2O2Si2. The quantitative estimate of drug-likeness (QED) is 0.657. The van der Waals surface area contributed by atoms with E-state index in [1.807, 2.05) is 12.1 Å². The zero-order valence-corrected chi connectivity index (χ0v) is 17.1. The van der Waals surface area contributed by atoms with Crippen molar-refractivity contribution in [1.82, 2.24) is 4.90 Å². The van der Waals surface area contributed by atoms with Gasteiger partial charge in [-0.25, -0.2) is 0 Å². The van der Waals surface area contributed by atoms with Crippen molar-refractivity contribution in [3.05, 3.63) is 35.4 Å². The first-order valence-corrected chi connectivity index (χ1v) is 15.2. The second kappa shape index (κ2) is 5.68. The molecule has 0 atom stereocenters. The molecule has 0 unspecified atom stereocenters. The summed E-state index contributed by atoms with van der Waals surface area (Å²) in [5.41, 5.74) is 7.04. The third kappa shape index (κ3) is 2.53. The van der Waals surface area contributed by atoms with E-state index in [1.54, 1.807) is 17.0 Å². The molecule has 0 aromatic heterocycles. The van der Waals surface area contributed by atoms with Crippen LogP contribution in [0.4, 0.5) is 0 Å². The van der Waals surface area contributed by atoms with E-state index in [2.05, 4.69) is 39.3 Å². The normalized spacial score (nSPS) is 16.0. The van der Waals surface area contributed by atoms with Crippen LogP contribution in [0.2, 0.25) is 39.3 Å². The third-order valence-corrected chi connectivity index (χ3v) is 15.6. The summed E-state index contributed by atoms with van der Waals surface area (Å²) in [7, 11) is -3.83. The first-order chi connectivity index (χ1) is 10.5. The van der Waals surface area contributed by atoms with Gasteiger partial charge in [-0.3, -0.25) is 14.5 Å². The third-order valence-electron chi connectivity index (χ3n) is 5.16. The van der Waals surface area contributed by atoms with Crippen LogP contribution in [0.25, 0.3) is 0 Å². The zero-order chi connectivity index (χ0) is 17.6. The first kappa shape index (κ1) is 18.1. The van der Waals surface area contributed by atoms with Gasteiger partial charge in [0.25, 0.3) is 11.8 Å². The van der Waals surface area contributed by atoms with Gasteiger partial charge in [-0.15, -0.1) is 0 Å². The fraction of sp³-hybridized carbons (Fsp3) is 0.529. The summed E-state index contributed by atoms with van der Waals surface area (Å²) in [6, 6.07) is 7.16. The Kier molecular flexibility index (Phi) is 4.47. The Morgan fingerprint density at radius 3 is 1.61 bits per heavy atom. The van der Waals surface area contributed by atoms with Crippen molar-refractivity contribution in [2.24, 2.45) is 5.73 Å². The van der Waals surface area contributed by atoms with E-state index in [-0.39, 0.29) is 16.6 Å². The van der Waals surface area contributed by atoms with Gasteiger partial charge >= 0.3 is 0 Å². The number of benzene rings is 1. The number of nitrogens with two attached hydrogens (primary N) is 1. The molecule has 0 bridgehead atoms. The van der Waals surface area contributed by atoms with Gasteiger partial charge in [-0.1, -0.05) is 51.4 Å². The van der Waals surface area contributed by atoms with Crippen LogP contribution in [0.5, 0.6) is 0 Å². The molecule has 2 amide bonds. The van der Waals surface area contributed by atoms with Crippen molar-refractivity contribution in [1.29, 1.82) is 0 Å². The van der Waals surface area contributed by atoms with Crippen LogP contribution >= 0.6 is 0 Å². The van der Waals surface area contributed by atoms with E-state index in [0.717, 1.165) is 0 Å². The lowest BCUT2D eigenvalue weighted by atomic mass is 10.1. The molecule has 0 saturated carbocycles. The summed E-state index contributed by atoms with van der Waals surface area (Å²) in [6.07, 6.45) is 0.698. The van der Waals surface area contributed by atoms with Gasteiger partial charge in [0.2, 0.25) is 0 Å². The monoisotopic (exact) mass is 348 g/mol. The van der Waals surface area contributed by atoms with Crippen LogP contribution in [0.15, 0.2) is 24.3 Å². The largest absolute Gasteiger partial charge is 0.330 e. The summed E-state index contributed by atoms with van der Waals surface area (Å²) in [5.74, 6) is -0.271. The summed E-state index contributed by atoms with van der Waals surface area (Å²) in [4.78, 5) is 27.5. The predicted molar refractivity (Wildman–Crippen MR) is 100 cm³/mol. The number of nitrogens with zero attached hydrogens (tertiary/aromatic N) is 1. The molecule has 1 aliphatic heterocycles. The highest BCUT2D eigenvalue weighted by Crippen LogP contribution is 2.43. The highest BCUT2D eigenvalue weighted by Gasteiger charge is 2.61. The summed E-state index contributed by atoms with van der Waals surface area (Å²) >= 11 is 0. The Morgan fingerprint density at radius 2 is 1.30 bits per heavy atom. The van der Waals surface area contributed by atoms with Gasteiger partial charge in [0.05, 0.1) is 27.3 Å². The number of carbonyl (C=O) groups excluding carboxylic acids is 2. The van der Waals surface area contributed by atoms with E-state index in [4.69, 9.17) is 5.73 Å². The van der Waals surface area contributed by atoms with Crippen molar-refractivity contribution in [2.75, 3.05) is 6.54 Å². The molecule has 2 N–H and O–H groups in total. The summed E-state index contributed by atoms with van der Waals surface area (Å²) in [5, 5.41) is 0. The molecule has 0 aliphatic carbocycles. The Hall–Kier alpha value is -1.25. The molecular weight excluding hydrogens is 320 g/mol. The average molecular weight is 349 g/mol. The standard InChI is InChI=1S/C17H28N2O2Si2/c1-22(2,3)17(11-12-18,23(4,5)6)19-15(20)13-9-7-8-10-14(13)16(19)21/h7-10H,11-12,18H2,1-6H3. The van der Waals surface area contributed by atoms with Crippen LogP contribution in [0.3, 0.4) is 0 Å². The molecule has 23 heavy (non-hydrogen) atoms. The molecule has 0 saturated heterocycles. The maximum atomic E-state index is 13.1. The highest BCUT2D eigenvalue weighted by atomic mass is 28.4. The van der Waals surface area contributed by atoms with E-state index in [1.165, 1.54) is 0 Å². The SMILES string of the molecule is C[Si](C)(C)C(CCN)(N1C(=O)c2ccccc2C1=O)[Si](C)(C)C. The molecule has 2 rings (SSSR count). The molecule has 1 aromatic carbocycles. The van der Waals surface area contributed by atoms with Crippen molar-refractivity contribution in [2.45, 2.75) is 50.5 Å². The second-order valence-corrected chi connectivity index (χ2v) is 19.5. The van der Waals surface area contributed by atoms with Crippen molar-refractivity contribution in [3.8, 4) is 0 Å². The fourth-order valence-electron chi connectivity index (χ4n) is 4.40. The fourth-order valence-corrected chi connectivity index (χ4v) is 16.9. The van der Waals surface area contributed by atoms with E-state index in [9.17, 15) is 9.59 Å². The molecule has 4 nitrogen and oxygen atoms in total. The molecule has 126 valence electrons. The number of imide groups is 1. The maximum absolute atomic E-state index is 13.1. The van der Waals surface area contributed by atoms with Gasteiger partial charge in [0.1, 0.15) is 0 Å². The number of carbonyl (C=O) groups is 2. The Balaban J connectivity index is 2.72. The minimum Gasteiger partial charge on any atom is -0.330 e. The van der Waals surface area contributed by atoms with Crippen LogP contribution in [-0.4, -0.2) is 44.2 Å². The molecule has 0 fully saturated rings. The van der Waals surface area contributed by atoms with Crippen molar-refractivity contribution < 1.29 is 9.59 Å². The van der Waals surface area contributed by atoms with Crippen LogP contribution in [0, 0.1) is 0 Å². The lowest BCUT2D eigenvalue weighted by Crippen LogP contribution is -2.76. The zero-order valence-electron chi connectivity index (χ0n) is 15.1. The lowest BCUT2D eigenvalue weighted by molar-refractivity contribution is 0.0584. The number of hydrogen-bond donors (Lipinski definition) is 1. The topological polar surface area (TPSA) is 63.4 Å². The second-order valence-electron chi connectivity index (χ2n) is 8.39. The van der Waals surface area contributed by atoms with E-state index >= 15 is 0 Å². The first-order valence-electron chi connectivity index (χ1n) is 8.17. The number of rotatable bonds is 5. The van der Waals surface area contributed by atoms with E-state index in [0.29, 0.717) is 24.1 Å². The molecule has 6 heteroatoms. The van der Waals surface area contributed by atoms with Crippen LogP contribution in [0.1, 0.15) is 27.1 Å². The highest BCUT2D eigenvalue weighted by molar-refractivity contribution is 6.99. The number of amides is 2. The van der Waals surface area contributed by atoms with Gasteiger partial charge in [-0.05, 0) is 25.1 Å². The molecule has 1 aromatic rings. The number of fused-ring (bicyclic) bond motifs is 1. The average Bonchev–Trinajstić information content (AvgIpc) is 2.67. The van der Waals surface area contributed by atoms with E-state index < -0.39 is 16.1 Å². The minimum absolute atomic E-state index is 0.135. The smallest absolute Gasteiger partial charge is 0.261 e. The summed E-state index contributed by atoms with van der Waals surface area (Å²) < 4.78 is 0. The molecule has 1 aliphatic rings. The van der Waals surface area contributed by atoms with Gasteiger partial charge < -0.3 is 5.73 Å². The minimum atomic E-state index is -1.92. The predicted octanol–water partition coefficient (Wildman–Crippen LogP) is 3.13. The maximum Gasteiger partial charge on any atom is 0.261 e. The molecule has 1 heterocycles. The summed E-state index contributed by atoms with van der Waals surface area (Å²) in [6.45, 7) is 14.0. The van der Waals surface area contributed by atoms with Crippen molar-refractivity contribution >= 4 is 28.0 Å². The number of hydrogen-bond acceptors (Lipinski definition) is 3. The lowest BCUT2D eigenvalue weighted by Gasteiger charge is -2.56. The van der Waals surface area contributed by atoms with Crippen LogP contribution in [-0.2, 0) is 0 Å². The van der Waals surface area contributed by atoms with Crippen molar-refractivity contribution in [3.63, 3.8) is 0 Å². The Labute approximate surface area is 141 Å². The van der Waals surface area contributed by atoms with Gasteiger partial charge in [0.15, 0.2) is 0 Å².